The predicted octanol–water partition coefficient (Wildman–Crippen LogP) is -0.146. The topological polar surface area (TPSA) is 145 Å². The van der Waals surface area contributed by atoms with E-state index in [1.54, 1.807) is 0 Å². The first-order valence-corrected chi connectivity index (χ1v) is 10.0. The lowest BCUT2D eigenvalue weighted by molar-refractivity contribution is -0.497. The number of rotatable bonds is 7. The number of carbonyl (C=O) groups is 2. The van der Waals surface area contributed by atoms with Crippen LogP contribution in [0.25, 0.3) is 0 Å². The molecule has 1 saturated carbocycles. The molecule has 11 nitrogen and oxygen atoms in total. The van der Waals surface area contributed by atoms with Crippen LogP contribution in [-0.4, -0.2) is 68.5 Å². The zero-order valence-electron chi connectivity index (χ0n) is 14.8. The van der Waals surface area contributed by atoms with Gasteiger partial charge in [0.05, 0.1) is 18.1 Å². The van der Waals surface area contributed by atoms with Crippen LogP contribution in [0.2, 0.25) is 0 Å². The van der Waals surface area contributed by atoms with Crippen molar-refractivity contribution in [3.05, 3.63) is 34.4 Å². The third kappa shape index (κ3) is 4.64. The fourth-order valence-corrected chi connectivity index (χ4v) is 4.16. The molecule has 2 aliphatic rings. The Hall–Kier alpha value is -2.57. The number of morpholine rings is 1. The molecule has 0 bridgehead atoms. The molecule has 12 heteroatoms. The Morgan fingerprint density at radius 2 is 1.89 bits per heavy atom. The molecule has 1 aromatic carbocycles. The lowest BCUT2D eigenvalue weighted by atomic mass is 10.3. The Bertz CT molecular complexity index is 864. The number of hydrogen-bond donors (Lipinski definition) is 1. The summed E-state index contributed by atoms with van der Waals surface area (Å²) >= 11 is 0. The molecule has 28 heavy (non-hydrogen) atoms. The second-order valence-corrected chi connectivity index (χ2v) is 8.33. The average Bonchev–Trinajstić information content (AvgIpc) is 3.48. The zero-order valence-corrected chi connectivity index (χ0v) is 15.6. The monoisotopic (exact) mass is 413 g/mol. The minimum atomic E-state index is -3.63. The minimum absolute atomic E-state index is 0.0957. The molecule has 2 fully saturated rings. The maximum absolute atomic E-state index is 12.5. The van der Waals surface area contributed by atoms with Gasteiger partial charge in [-0.1, -0.05) is 0 Å². The van der Waals surface area contributed by atoms with Crippen LogP contribution < -0.4 is 5.32 Å². The second-order valence-electron chi connectivity index (χ2n) is 6.39. The minimum Gasteiger partial charge on any atom is -0.455 e. The van der Waals surface area contributed by atoms with Crippen molar-refractivity contribution >= 4 is 27.6 Å². The molecule has 0 aromatic heterocycles. The van der Waals surface area contributed by atoms with E-state index in [1.165, 1.54) is 28.6 Å². The lowest BCUT2D eigenvalue weighted by Gasteiger charge is -2.26. The maximum Gasteiger partial charge on any atom is 0.316 e. The number of carbonyl (C=O) groups excluding carboxylic acids is 2. The summed E-state index contributed by atoms with van der Waals surface area (Å²) in [4.78, 5) is 33.5. The van der Waals surface area contributed by atoms with Gasteiger partial charge in [-0.15, -0.1) is 0 Å². The SMILES string of the molecule is O=C(COC(=O)[C@@H]1C[C@@H]1[N+](=O)[O-])Nc1ccc(S(=O)(=O)N2CCOCC2)cc1. The van der Waals surface area contributed by atoms with Gasteiger partial charge in [-0.25, -0.2) is 8.42 Å². The van der Waals surface area contributed by atoms with Crippen LogP contribution in [0.1, 0.15) is 6.42 Å². The number of esters is 1. The van der Waals surface area contributed by atoms with Gasteiger partial charge < -0.3 is 14.8 Å². The summed E-state index contributed by atoms with van der Waals surface area (Å²) in [5.41, 5.74) is 0.330. The summed E-state index contributed by atoms with van der Waals surface area (Å²) in [6.07, 6.45) is 0.118. The first-order valence-electron chi connectivity index (χ1n) is 8.57. The Morgan fingerprint density at radius 3 is 2.46 bits per heavy atom. The number of amides is 1. The van der Waals surface area contributed by atoms with Crippen molar-refractivity contribution in [1.82, 2.24) is 4.31 Å². The van der Waals surface area contributed by atoms with Crippen LogP contribution in [-0.2, 0) is 29.1 Å². The van der Waals surface area contributed by atoms with Crippen LogP contribution in [0.15, 0.2) is 29.2 Å². The Morgan fingerprint density at radius 1 is 1.25 bits per heavy atom. The van der Waals surface area contributed by atoms with Crippen molar-refractivity contribution < 1.29 is 32.4 Å². The number of anilines is 1. The molecule has 1 N–H and O–H groups in total. The molecule has 0 radical (unpaired) electrons. The van der Waals surface area contributed by atoms with Gasteiger partial charge in [-0.3, -0.25) is 19.7 Å². The van der Waals surface area contributed by atoms with E-state index in [2.05, 4.69) is 5.32 Å². The zero-order chi connectivity index (χ0) is 20.3. The van der Waals surface area contributed by atoms with E-state index in [-0.39, 0.29) is 24.4 Å². The van der Waals surface area contributed by atoms with Crippen molar-refractivity contribution in [3.8, 4) is 0 Å². The molecule has 2 atom stereocenters. The highest BCUT2D eigenvalue weighted by Crippen LogP contribution is 2.34. The summed E-state index contributed by atoms with van der Waals surface area (Å²) < 4.78 is 36.3. The van der Waals surface area contributed by atoms with Gasteiger partial charge in [-0.2, -0.15) is 4.31 Å². The first kappa shape index (κ1) is 20.2. The number of benzene rings is 1. The van der Waals surface area contributed by atoms with Gasteiger partial charge in [0.2, 0.25) is 16.1 Å². The Kier molecular flexibility index (Phi) is 5.91. The number of hydrogen-bond acceptors (Lipinski definition) is 8. The normalized spacial score (nSPS) is 22.3. The van der Waals surface area contributed by atoms with E-state index in [0.717, 1.165) is 0 Å². The number of sulfonamides is 1. The summed E-state index contributed by atoms with van der Waals surface area (Å²) in [5.74, 6) is -2.20. The van der Waals surface area contributed by atoms with Crippen molar-refractivity contribution in [2.45, 2.75) is 17.4 Å². The van der Waals surface area contributed by atoms with Gasteiger partial charge in [0, 0.05) is 30.1 Å². The molecular weight excluding hydrogens is 394 g/mol. The average molecular weight is 413 g/mol. The fourth-order valence-electron chi connectivity index (χ4n) is 2.75. The van der Waals surface area contributed by atoms with E-state index in [9.17, 15) is 28.1 Å². The number of nitro groups is 1. The quantitative estimate of drug-likeness (QED) is 0.369. The number of nitrogens with zero attached hydrogens (tertiary/aromatic N) is 2. The molecule has 1 amide bonds. The van der Waals surface area contributed by atoms with E-state index >= 15 is 0 Å². The van der Waals surface area contributed by atoms with E-state index in [1.807, 2.05) is 0 Å². The summed E-state index contributed by atoms with van der Waals surface area (Å²) in [7, 11) is -3.63. The van der Waals surface area contributed by atoms with Crippen LogP contribution in [0.5, 0.6) is 0 Å². The summed E-state index contributed by atoms with van der Waals surface area (Å²) in [5, 5.41) is 13.0. The largest absolute Gasteiger partial charge is 0.455 e. The Labute approximate surface area is 160 Å². The molecule has 1 saturated heterocycles. The van der Waals surface area contributed by atoms with Crippen molar-refractivity contribution in [2.24, 2.45) is 5.92 Å². The van der Waals surface area contributed by atoms with E-state index < -0.39 is 45.4 Å². The second kappa shape index (κ2) is 8.20. The molecule has 1 heterocycles. The first-order chi connectivity index (χ1) is 13.3. The van der Waals surface area contributed by atoms with Crippen LogP contribution >= 0.6 is 0 Å². The maximum atomic E-state index is 12.5. The van der Waals surface area contributed by atoms with Gasteiger partial charge >= 0.3 is 5.97 Å². The van der Waals surface area contributed by atoms with Gasteiger partial charge in [0.1, 0.15) is 5.92 Å². The van der Waals surface area contributed by atoms with Gasteiger partial charge in [-0.05, 0) is 24.3 Å². The van der Waals surface area contributed by atoms with Crippen molar-refractivity contribution in [3.63, 3.8) is 0 Å². The van der Waals surface area contributed by atoms with Crippen molar-refractivity contribution in [1.29, 1.82) is 0 Å². The van der Waals surface area contributed by atoms with Crippen LogP contribution in [0.4, 0.5) is 5.69 Å². The highest BCUT2D eigenvalue weighted by molar-refractivity contribution is 7.89. The molecule has 152 valence electrons. The van der Waals surface area contributed by atoms with Crippen LogP contribution in [0.3, 0.4) is 0 Å². The van der Waals surface area contributed by atoms with E-state index in [4.69, 9.17) is 9.47 Å². The molecule has 1 aliphatic heterocycles. The molecule has 1 aliphatic carbocycles. The smallest absolute Gasteiger partial charge is 0.316 e. The molecule has 1 aromatic rings. The van der Waals surface area contributed by atoms with E-state index in [0.29, 0.717) is 18.9 Å². The number of nitrogens with one attached hydrogen (secondary N) is 1. The van der Waals surface area contributed by atoms with Crippen molar-refractivity contribution in [2.75, 3.05) is 38.2 Å². The predicted molar refractivity (Wildman–Crippen MR) is 94.5 cm³/mol. The lowest BCUT2D eigenvalue weighted by Crippen LogP contribution is -2.40. The van der Waals surface area contributed by atoms with Gasteiger partial charge in [0.15, 0.2) is 6.61 Å². The highest BCUT2D eigenvalue weighted by Gasteiger charge is 2.54. The standard InChI is InChI=1S/C16H19N3O8S/c20-15(10-27-16(21)13-9-14(13)19(22)23)17-11-1-3-12(4-2-11)28(24,25)18-5-7-26-8-6-18/h1-4,13-14H,5-10H2,(H,17,20)/t13-,14+/m1/s1. The molecule has 0 unspecified atom stereocenters. The Balaban J connectivity index is 1.50. The molecule has 3 rings (SSSR count). The van der Waals surface area contributed by atoms with Gasteiger partial charge in [0.25, 0.3) is 5.91 Å². The third-order valence-electron chi connectivity index (χ3n) is 4.42. The fraction of sp³-hybridized carbons (Fsp3) is 0.500. The summed E-state index contributed by atoms with van der Waals surface area (Å²) in [6.45, 7) is 0.674. The molecule has 0 spiro atoms. The summed E-state index contributed by atoms with van der Waals surface area (Å²) in [6, 6.07) is 4.67. The third-order valence-corrected chi connectivity index (χ3v) is 6.33. The van der Waals surface area contributed by atoms with Crippen LogP contribution in [0, 0.1) is 16.0 Å². The number of ether oxygens (including phenoxy) is 2. The highest BCUT2D eigenvalue weighted by atomic mass is 32.2. The molecular formula is C16H19N3O8S.